The molecule has 1 atom stereocenters. The summed E-state index contributed by atoms with van der Waals surface area (Å²) >= 11 is 0. The van der Waals surface area contributed by atoms with Crippen molar-refractivity contribution in [1.82, 2.24) is 5.32 Å². The van der Waals surface area contributed by atoms with Crippen LogP contribution in [0.2, 0.25) is 0 Å². The van der Waals surface area contributed by atoms with Gasteiger partial charge < -0.3 is 5.32 Å². The van der Waals surface area contributed by atoms with E-state index in [2.05, 4.69) is 5.32 Å². The summed E-state index contributed by atoms with van der Waals surface area (Å²) in [6, 6.07) is 18.2. The molecule has 168 valence electrons. The van der Waals surface area contributed by atoms with Gasteiger partial charge in [0.25, 0.3) is 5.91 Å². The lowest BCUT2D eigenvalue weighted by Gasteiger charge is -2.26. The van der Waals surface area contributed by atoms with Crippen molar-refractivity contribution in [2.24, 2.45) is 0 Å². The highest BCUT2D eigenvalue weighted by Gasteiger charge is 2.21. The van der Waals surface area contributed by atoms with Crippen LogP contribution < -0.4 is 9.62 Å². The molecule has 0 aromatic heterocycles. The molecular formula is C25H27FN2O3S. The summed E-state index contributed by atoms with van der Waals surface area (Å²) in [5, 5.41) is 2.89. The fourth-order valence-corrected chi connectivity index (χ4v) is 4.61. The normalized spacial score (nSPS) is 12.3. The SMILES string of the molecule is Cc1cccc(C)c1N(Cc1ccc(C(=O)NC(C)c2ccc(F)cc2)cc1)S(C)(=O)=O. The quantitative estimate of drug-likeness (QED) is 0.552. The van der Waals surface area contributed by atoms with Gasteiger partial charge in [0.15, 0.2) is 0 Å². The summed E-state index contributed by atoms with van der Waals surface area (Å²) < 4.78 is 39.6. The van der Waals surface area contributed by atoms with Crippen molar-refractivity contribution in [3.63, 3.8) is 0 Å². The summed E-state index contributed by atoms with van der Waals surface area (Å²) in [5.41, 5.74) is 4.45. The van der Waals surface area contributed by atoms with Crippen LogP contribution in [0, 0.1) is 19.7 Å². The standard InChI is InChI=1S/C25H27FN2O3S/c1-17-6-5-7-18(2)24(17)28(32(4,30)31)16-20-8-10-22(11-9-20)25(29)27-19(3)21-12-14-23(26)15-13-21/h5-15,19H,16H2,1-4H3,(H,27,29). The van der Waals surface area contributed by atoms with Crippen molar-refractivity contribution >= 4 is 21.6 Å². The number of rotatable bonds is 7. The third kappa shape index (κ3) is 5.53. The van der Waals surface area contributed by atoms with Crippen LogP contribution >= 0.6 is 0 Å². The van der Waals surface area contributed by atoms with Crippen LogP contribution in [0.1, 0.15) is 45.6 Å². The Kier molecular flexibility index (Phi) is 6.99. The van der Waals surface area contributed by atoms with Crippen molar-refractivity contribution in [3.8, 4) is 0 Å². The minimum Gasteiger partial charge on any atom is -0.346 e. The molecule has 0 heterocycles. The van der Waals surface area contributed by atoms with Gasteiger partial charge >= 0.3 is 0 Å². The lowest BCUT2D eigenvalue weighted by molar-refractivity contribution is 0.0940. The molecule has 0 saturated carbocycles. The summed E-state index contributed by atoms with van der Waals surface area (Å²) in [6.45, 7) is 5.76. The zero-order valence-electron chi connectivity index (χ0n) is 18.6. The number of para-hydroxylation sites is 1. The number of benzene rings is 3. The van der Waals surface area contributed by atoms with Crippen molar-refractivity contribution in [2.75, 3.05) is 10.6 Å². The van der Waals surface area contributed by atoms with Gasteiger partial charge in [0.05, 0.1) is 24.5 Å². The van der Waals surface area contributed by atoms with E-state index in [9.17, 15) is 17.6 Å². The molecule has 3 aromatic carbocycles. The molecule has 32 heavy (non-hydrogen) atoms. The molecular weight excluding hydrogens is 427 g/mol. The summed E-state index contributed by atoms with van der Waals surface area (Å²) in [4.78, 5) is 12.6. The van der Waals surface area contributed by atoms with Crippen molar-refractivity contribution in [2.45, 2.75) is 33.4 Å². The van der Waals surface area contributed by atoms with E-state index in [1.165, 1.54) is 22.7 Å². The van der Waals surface area contributed by atoms with Gasteiger partial charge in [-0.1, -0.05) is 42.5 Å². The Morgan fingerprint density at radius 1 is 0.969 bits per heavy atom. The van der Waals surface area contributed by atoms with Gasteiger partial charge in [0.1, 0.15) is 5.82 Å². The highest BCUT2D eigenvalue weighted by molar-refractivity contribution is 7.92. The fourth-order valence-electron chi connectivity index (χ4n) is 3.60. The van der Waals surface area contributed by atoms with E-state index >= 15 is 0 Å². The lowest BCUT2D eigenvalue weighted by atomic mass is 10.1. The first-order chi connectivity index (χ1) is 15.1. The number of carbonyl (C=O) groups is 1. The van der Waals surface area contributed by atoms with Crippen LogP contribution in [0.15, 0.2) is 66.7 Å². The van der Waals surface area contributed by atoms with Gasteiger partial charge in [-0.2, -0.15) is 0 Å². The minimum absolute atomic E-state index is 0.165. The maximum atomic E-state index is 13.1. The molecule has 0 aliphatic heterocycles. The second-order valence-corrected chi connectivity index (χ2v) is 9.86. The zero-order valence-corrected chi connectivity index (χ0v) is 19.4. The highest BCUT2D eigenvalue weighted by atomic mass is 32.2. The number of nitrogens with one attached hydrogen (secondary N) is 1. The Hall–Kier alpha value is -3.19. The van der Waals surface area contributed by atoms with Gasteiger partial charge in [-0.25, -0.2) is 12.8 Å². The third-order valence-electron chi connectivity index (χ3n) is 5.35. The number of sulfonamides is 1. The predicted molar refractivity (Wildman–Crippen MR) is 126 cm³/mol. The molecule has 5 nitrogen and oxygen atoms in total. The summed E-state index contributed by atoms with van der Waals surface area (Å²) in [6.07, 6.45) is 1.19. The monoisotopic (exact) mass is 454 g/mol. The van der Waals surface area contributed by atoms with Gasteiger partial charge in [-0.3, -0.25) is 9.10 Å². The average Bonchev–Trinajstić information content (AvgIpc) is 2.73. The van der Waals surface area contributed by atoms with Gasteiger partial charge in [-0.15, -0.1) is 0 Å². The van der Waals surface area contributed by atoms with Crippen LogP contribution in [0.25, 0.3) is 0 Å². The molecule has 0 radical (unpaired) electrons. The number of anilines is 1. The maximum absolute atomic E-state index is 13.1. The molecule has 0 spiro atoms. The van der Waals surface area contributed by atoms with E-state index < -0.39 is 10.0 Å². The van der Waals surface area contributed by atoms with Crippen LogP contribution in [0.5, 0.6) is 0 Å². The minimum atomic E-state index is -3.51. The molecule has 1 unspecified atom stereocenters. The number of hydrogen-bond donors (Lipinski definition) is 1. The first-order valence-corrected chi connectivity index (χ1v) is 12.1. The molecule has 0 aliphatic carbocycles. The number of amides is 1. The first kappa shape index (κ1) is 23.5. The summed E-state index contributed by atoms with van der Waals surface area (Å²) in [5.74, 6) is -0.588. The van der Waals surface area contributed by atoms with Crippen molar-refractivity contribution in [1.29, 1.82) is 0 Å². The number of nitrogens with zero attached hydrogens (tertiary/aromatic N) is 1. The Morgan fingerprint density at radius 2 is 1.53 bits per heavy atom. The molecule has 7 heteroatoms. The molecule has 3 aromatic rings. The largest absolute Gasteiger partial charge is 0.346 e. The van der Waals surface area contributed by atoms with Crippen LogP contribution in [-0.4, -0.2) is 20.6 Å². The second kappa shape index (κ2) is 9.53. The highest BCUT2D eigenvalue weighted by Crippen LogP contribution is 2.28. The smallest absolute Gasteiger partial charge is 0.251 e. The molecule has 1 N–H and O–H groups in total. The zero-order chi connectivity index (χ0) is 23.5. The van der Waals surface area contributed by atoms with E-state index in [1.54, 1.807) is 36.4 Å². The Balaban J connectivity index is 1.76. The molecule has 0 bridgehead atoms. The number of aryl methyl sites for hydroxylation is 2. The summed E-state index contributed by atoms with van der Waals surface area (Å²) in [7, 11) is -3.51. The van der Waals surface area contributed by atoms with E-state index in [-0.39, 0.29) is 24.3 Å². The van der Waals surface area contributed by atoms with Gasteiger partial charge in [0.2, 0.25) is 10.0 Å². The molecule has 0 fully saturated rings. The van der Waals surface area contributed by atoms with Crippen LogP contribution in [-0.2, 0) is 16.6 Å². The van der Waals surface area contributed by atoms with Crippen LogP contribution in [0.4, 0.5) is 10.1 Å². The molecule has 3 rings (SSSR count). The van der Waals surface area contributed by atoms with Crippen molar-refractivity contribution in [3.05, 3.63) is 100 Å². The maximum Gasteiger partial charge on any atom is 0.251 e. The van der Waals surface area contributed by atoms with E-state index in [0.717, 1.165) is 22.3 Å². The third-order valence-corrected chi connectivity index (χ3v) is 6.46. The average molecular weight is 455 g/mol. The molecule has 0 aliphatic rings. The number of carbonyl (C=O) groups excluding carboxylic acids is 1. The lowest BCUT2D eigenvalue weighted by Crippen LogP contribution is -2.30. The van der Waals surface area contributed by atoms with Crippen LogP contribution in [0.3, 0.4) is 0 Å². The Morgan fingerprint density at radius 3 is 2.06 bits per heavy atom. The fraction of sp³-hybridized carbons (Fsp3) is 0.240. The van der Waals surface area contributed by atoms with E-state index in [1.807, 2.05) is 39.0 Å². The number of halogens is 1. The Labute approximate surface area is 188 Å². The predicted octanol–water partition coefficient (Wildman–Crippen LogP) is 4.90. The van der Waals surface area contributed by atoms with Gasteiger partial charge in [0, 0.05) is 5.56 Å². The van der Waals surface area contributed by atoms with Gasteiger partial charge in [-0.05, 0) is 67.3 Å². The second-order valence-electron chi connectivity index (χ2n) is 7.95. The van der Waals surface area contributed by atoms with Crippen molar-refractivity contribution < 1.29 is 17.6 Å². The van der Waals surface area contributed by atoms with E-state index in [4.69, 9.17) is 0 Å². The molecule has 1 amide bonds. The first-order valence-electron chi connectivity index (χ1n) is 10.3. The molecule has 0 saturated heterocycles. The Bertz CT molecular complexity index is 1190. The topological polar surface area (TPSA) is 66.5 Å². The number of hydrogen-bond acceptors (Lipinski definition) is 3. The van der Waals surface area contributed by atoms with E-state index in [0.29, 0.717) is 11.3 Å².